The summed E-state index contributed by atoms with van der Waals surface area (Å²) in [4.78, 5) is 0. The van der Waals surface area contributed by atoms with E-state index in [9.17, 15) is 12.8 Å². The lowest BCUT2D eigenvalue weighted by Gasteiger charge is -2.24. The molecule has 0 fully saturated rings. The Labute approximate surface area is 126 Å². The van der Waals surface area contributed by atoms with Gasteiger partial charge in [0.1, 0.15) is 0 Å². The quantitative estimate of drug-likeness (QED) is 0.798. The largest absolute Gasteiger partial charge is 0.494 e. The number of sulfone groups is 1. The maximum absolute atomic E-state index is 14.2. The third-order valence-corrected chi connectivity index (χ3v) is 5.28. The van der Waals surface area contributed by atoms with Crippen LogP contribution in [0.2, 0.25) is 0 Å². The van der Waals surface area contributed by atoms with Gasteiger partial charge in [-0.15, -0.1) is 0 Å². The lowest BCUT2D eigenvalue weighted by atomic mass is 10.0. The van der Waals surface area contributed by atoms with E-state index >= 15 is 0 Å². The van der Waals surface area contributed by atoms with E-state index in [1.54, 1.807) is 25.1 Å². The maximum atomic E-state index is 14.2. The smallest absolute Gasteiger partial charge is 0.168 e. The van der Waals surface area contributed by atoms with E-state index in [1.807, 2.05) is 6.92 Å². The third kappa shape index (κ3) is 4.97. The highest BCUT2D eigenvalue weighted by molar-refractivity contribution is 7.91. The zero-order valence-corrected chi connectivity index (χ0v) is 13.8. The van der Waals surface area contributed by atoms with Crippen LogP contribution >= 0.6 is 0 Å². The highest BCUT2D eigenvalue weighted by Crippen LogP contribution is 2.22. The molecule has 1 aromatic carbocycles. The van der Waals surface area contributed by atoms with Crippen molar-refractivity contribution in [2.24, 2.45) is 0 Å². The van der Waals surface area contributed by atoms with Crippen molar-refractivity contribution in [3.63, 3.8) is 0 Å². The minimum Gasteiger partial charge on any atom is -0.494 e. The molecule has 0 aliphatic carbocycles. The molecule has 2 atom stereocenters. The summed E-state index contributed by atoms with van der Waals surface area (Å²) < 4.78 is 42.7. The van der Waals surface area contributed by atoms with Crippen molar-refractivity contribution in [1.82, 2.24) is 5.32 Å². The van der Waals surface area contributed by atoms with Gasteiger partial charge in [-0.05, 0) is 37.9 Å². The Kier molecular flexibility index (Phi) is 6.61. The highest BCUT2D eigenvalue weighted by Gasteiger charge is 2.26. The minimum atomic E-state index is -3.20. The first-order chi connectivity index (χ1) is 9.81. The van der Waals surface area contributed by atoms with E-state index in [0.717, 1.165) is 6.42 Å². The number of halogens is 1. The summed E-state index contributed by atoms with van der Waals surface area (Å²) in [6, 6.07) is 4.58. The predicted molar refractivity (Wildman–Crippen MR) is 83.0 cm³/mol. The first-order valence-electron chi connectivity index (χ1n) is 7.04. The molecule has 0 saturated heterocycles. The maximum Gasteiger partial charge on any atom is 0.168 e. The van der Waals surface area contributed by atoms with Crippen LogP contribution in [0.25, 0.3) is 0 Å². The van der Waals surface area contributed by atoms with Crippen LogP contribution < -0.4 is 10.1 Å². The van der Waals surface area contributed by atoms with Crippen molar-refractivity contribution in [2.75, 3.05) is 19.9 Å². The Morgan fingerprint density at radius 3 is 2.57 bits per heavy atom. The second kappa shape index (κ2) is 7.75. The van der Waals surface area contributed by atoms with Crippen molar-refractivity contribution in [2.45, 2.75) is 38.0 Å². The lowest BCUT2D eigenvalue weighted by Crippen LogP contribution is -2.44. The average Bonchev–Trinajstić information content (AvgIpc) is 2.43. The molecule has 0 saturated carbocycles. The van der Waals surface area contributed by atoms with Crippen molar-refractivity contribution in [3.8, 4) is 5.75 Å². The van der Waals surface area contributed by atoms with Gasteiger partial charge in [0.05, 0.1) is 12.4 Å². The first kappa shape index (κ1) is 17.9. The van der Waals surface area contributed by atoms with Gasteiger partial charge < -0.3 is 10.1 Å². The summed E-state index contributed by atoms with van der Waals surface area (Å²) in [5.41, 5.74) is 0.457. The Morgan fingerprint density at radius 1 is 1.38 bits per heavy atom. The second-order valence-electron chi connectivity index (χ2n) is 5.23. The Balaban J connectivity index is 3.01. The van der Waals surface area contributed by atoms with Gasteiger partial charge in [-0.1, -0.05) is 19.1 Å². The molecule has 0 aliphatic heterocycles. The zero-order chi connectivity index (χ0) is 16.0. The normalized spacial score (nSPS) is 14.7. The number of hydrogen-bond acceptors (Lipinski definition) is 4. The third-order valence-electron chi connectivity index (χ3n) is 3.60. The molecule has 1 aromatic rings. The van der Waals surface area contributed by atoms with Crippen molar-refractivity contribution < 1.29 is 17.5 Å². The fourth-order valence-corrected chi connectivity index (χ4v) is 2.93. The summed E-state index contributed by atoms with van der Waals surface area (Å²) in [6.07, 6.45) is 2.39. The van der Waals surface area contributed by atoms with Crippen LogP contribution in [0.4, 0.5) is 4.39 Å². The summed E-state index contributed by atoms with van der Waals surface area (Å²) in [5.74, 6) is -0.252. The standard InChI is InChI=1S/C15H24FNO3S/c1-5-9-17-13(11(2)21(4,18)19)10-12-7-6-8-14(20-3)15(12)16/h6-8,11,13,17H,5,9-10H2,1-4H3. The molecular formula is C15H24FNO3S. The molecule has 4 nitrogen and oxygen atoms in total. The first-order valence-corrected chi connectivity index (χ1v) is 9.00. The van der Waals surface area contributed by atoms with Crippen LogP contribution in [-0.2, 0) is 16.3 Å². The van der Waals surface area contributed by atoms with E-state index in [4.69, 9.17) is 4.74 Å². The molecule has 21 heavy (non-hydrogen) atoms. The highest BCUT2D eigenvalue weighted by atomic mass is 32.2. The second-order valence-corrected chi connectivity index (χ2v) is 7.64. The van der Waals surface area contributed by atoms with E-state index in [2.05, 4.69) is 5.32 Å². The Bertz CT molecular complexity index is 560. The number of ether oxygens (including phenoxy) is 1. The molecule has 0 radical (unpaired) electrons. The topological polar surface area (TPSA) is 55.4 Å². The summed E-state index contributed by atoms with van der Waals surface area (Å²) in [7, 11) is -1.79. The molecule has 6 heteroatoms. The summed E-state index contributed by atoms with van der Waals surface area (Å²) in [6.45, 7) is 4.35. The van der Waals surface area contributed by atoms with Gasteiger partial charge in [0.25, 0.3) is 0 Å². The molecule has 1 N–H and O–H groups in total. The van der Waals surface area contributed by atoms with Gasteiger partial charge in [0.15, 0.2) is 21.4 Å². The van der Waals surface area contributed by atoms with Crippen molar-refractivity contribution in [3.05, 3.63) is 29.6 Å². The molecule has 0 spiro atoms. The van der Waals surface area contributed by atoms with E-state index in [-0.39, 0.29) is 11.8 Å². The Morgan fingerprint density at radius 2 is 2.05 bits per heavy atom. The molecule has 0 aromatic heterocycles. The van der Waals surface area contributed by atoms with Crippen LogP contribution in [0.5, 0.6) is 5.75 Å². The monoisotopic (exact) mass is 317 g/mol. The van der Waals surface area contributed by atoms with Crippen molar-refractivity contribution >= 4 is 9.84 Å². The number of rotatable bonds is 8. The number of methoxy groups -OCH3 is 1. The van der Waals surface area contributed by atoms with Gasteiger partial charge in [0.2, 0.25) is 0 Å². The molecule has 2 unspecified atom stereocenters. The number of hydrogen-bond donors (Lipinski definition) is 1. The van der Waals surface area contributed by atoms with Gasteiger partial charge in [-0.25, -0.2) is 12.8 Å². The molecule has 1 rings (SSSR count). The SMILES string of the molecule is CCCNC(Cc1cccc(OC)c1F)C(C)S(C)(=O)=O. The Hall–Kier alpha value is -1.14. The fourth-order valence-electron chi connectivity index (χ4n) is 2.14. The molecule has 120 valence electrons. The van der Waals surface area contributed by atoms with E-state index in [0.29, 0.717) is 18.5 Å². The number of nitrogens with one attached hydrogen (secondary N) is 1. The summed E-state index contributed by atoms with van der Waals surface area (Å²) >= 11 is 0. The lowest BCUT2D eigenvalue weighted by molar-refractivity contribution is 0.381. The van der Waals surface area contributed by atoms with Gasteiger partial charge in [0, 0.05) is 12.3 Å². The number of benzene rings is 1. The fraction of sp³-hybridized carbons (Fsp3) is 0.600. The molecule has 0 aliphatic rings. The average molecular weight is 317 g/mol. The van der Waals surface area contributed by atoms with Gasteiger partial charge >= 0.3 is 0 Å². The van der Waals surface area contributed by atoms with E-state index < -0.39 is 20.9 Å². The molecule has 0 bridgehead atoms. The van der Waals surface area contributed by atoms with Crippen LogP contribution in [-0.4, -0.2) is 39.6 Å². The van der Waals surface area contributed by atoms with E-state index in [1.165, 1.54) is 13.4 Å². The molecule has 0 heterocycles. The van der Waals surface area contributed by atoms with Crippen LogP contribution in [0.15, 0.2) is 18.2 Å². The zero-order valence-electron chi connectivity index (χ0n) is 13.0. The predicted octanol–water partition coefficient (Wildman–Crippen LogP) is 2.18. The van der Waals surface area contributed by atoms with Crippen LogP contribution in [0, 0.1) is 5.82 Å². The van der Waals surface area contributed by atoms with Crippen LogP contribution in [0.1, 0.15) is 25.8 Å². The molecular weight excluding hydrogens is 293 g/mol. The minimum absolute atomic E-state index is 0.175. The molecule has 0 amide bonds. The van der Waals surface area contributed by atoms with Gasteiger partial charge in [-0.3, -0.25) is 0 Å². The van der Waals surface area contributed by atoms with Crippen molar-refractivity contribution in [1.29, 1.82) is 0 Å². The van der Waals surface area contributed by atoms with Crippen LogP contribution in [0.3, 0.4) is 0 Å². The summed E-state index contributed by atoms with van der Waals surface area (Å²) in [5, 5.41) is 2.61. The van der Waals surface area contributed by atoms with Gasteiger partial charge in [-0.2, -0.15) is 0 Å².